The molecule has 1 rings (SSSR count). The van der Waals surface area contributed by atoms with Crippen molar-refractivity contribution in [1.82, 2.24) is 5.32 Å². The maximum Gasteiger partial charge on any atom is 0.305 e. The number of nitrogens with one attached hydrogen (secondary N) is 1. The van der Waals surface area contributed by atoms with Crippen molar-refractivity contribution in [3.63, 3.8) is 0 Å². The van der Waals surface area contributed by atoms with Crippen molar-refractivity contribution < 1.29 is 19.8 Å². The summed E-state index contributed by atoms with van der Waals surface area (Å²) in [7, 11) is 0. The molecule has 0 saturated heterocycles. The van der Waals surface area contributed by atoms with Gasteiger partial charge in [-0.1, -0.05) is 25.1 Å². The van der Waals surface area contributed by atoms with Crippen LogP contribution in [-0.4, -0.2) is 28.1 Å². The first-order valence-electron chi connectivity index (χ1n) is 5.81. The van der Waals surface area contributed by atoms with Gasteiger partial charge in [-0.15, -0.1) is 0 Å². The number of carboxylic acid groups (broad SMARTS) is 1. The minimum Gasteiger partial charge on any atom is -0.508 e. The number of aliphatic carboxylic acids is 1. The van der Waals surface area contributed by atoms with E-state index in [9.17, 15) is 14.7 Å². The van der Waals surface area contributed by atoms with Crippen molar-refractivity contribution in [1.29, 1.82) is 0 Å². The molecule has 1 aromatic carbocycles. The molecule has 0 spiro atoms. The Labute approximate surface area is 105 Å². The molecule has 1 aromatic rings. The summed E-state index contributed by atoms with van der Waals surface area (Å²) in [6.07, 6.45) is 0.505. The van der Waals surface area contributed by atoms with E-state index in [4.69, 9.17) is 5.11 Å². The smallest absolute Gasteiger partial charge is 0.305 e. The molecule has 0 heterocycles. The van der Waals surface area contributed by atoms with E-state index in [1.165, 1.54) is 6.07 Å². The Balaban J connectivity index is 2.55. The van der Waals surface area contributed by atoms with Crippen molar-refractivity contribution in [3.8, 4) is 5.75 Å². The zero-order chi connectivity index (χ0) is 13.5. The Hall–Kier alpha value is -2.04. The largest absolute Gasteiger partial charge is 0.508 e. The summed E-state index contributed by atoms with van der Waals surface area (Å²) in [5.74, 6) is -1.16. The van der Waals surface area contributed by atoms with Crippen LogP contribution < -0.4 is 5.32 Å². The SMILES string of the molecule is CCC(CC(=O)O)NC(=O)Cc1ccccc1O. The van der Waals surface area contributed by atoms with E-state index < -0.39 is 5.97 Å². The molecule has 18 heavy (non-hydrogen) atoms. The van der Waals surface area contributed by atoms with Crippen LogP contribution >= 0.6 is 0 Å². The fourth-order valence-corrected chi connectivity index (χ4v) is 1.62. The van der Waals surface area contributed by atoms with Crippen LogP contribution in [0.2, 0.25) is 0 Å². The lowest BCUT2D eigenvalue weighted by Crippen LogP contribution is -2.36. The molecule has 0 aliphatic rings. The van der Waals surface area contributed by atoms with E-state index in [2.05, 4.69) is 5.32 Å². The highest BCUT2D eigenvalue weighted by Gasteiger charge is 2.15. The fraction of sp³-hybridized carbons (Fsp3) is 0.385. The van der Waals surface area contributed by atoms with Gasteiger partial charge in [-0.2, -0.15) is 0 Å². The average molecular weight is 251 g/mol. The maximum atomic E-state index is 11.7. The molecule has 1 atom stereocenters. The normalized spacial score (nSPS) is 11.8. The lowest BCUT2D eigenvalue weighted by molar-refractivity contribution is -0.137. The van der Waals surface area contributed by atoms with Crippen molar-refractivity contribution in [3.05, 3.63) is 29.8 Å². The molecular formula is C13H17NO4. The number of hydrogen-bond donors (Lipinski definition) is 3. The van der Waals surface area contributed by atoms with Gasteiger partial charge < -0.3 is 15.5 Å². The van der Waals surface area contributed by atoms with Crippen molar-refractivity contribution in [2.45, 2.75) is 32.2 Å². The second kappa shape index (κ2) is 6.64. The van der Waals surface area contributed by atoms with Crippen molar-refractivity contribution in [2.75, 3.05) is 0 Å². The summed E-state index contributed by atoms with van der Waals surface area (Å²) >= 11 is 0. The van der Waals surface area contributed by atoms with Crippen LogP contribution in [-0.2, 0) is 16.0 Å². The van der Waals surface area contributed by atoms with E-state index in [1.807, 2.05) is 6.92 Å². The number of para-hydroxylation sites is 1. The van der Waals surface area contributed by atoms with Gasteiger partial charge in [0, 0.05) is 11.6 Å². The monoisotopic (exact) mass is 251 g/mol. The van der Waals surface area contributed by atoms with Gasteiger partial charge in [-0.25, -0.2) is 0 Å². The number of amides is 1. The highest BCUT2D eigenvalue weighted by molar-refractivity contribution is 5.80. The molecule has 0 bridgehead atoms. The van der Waals surface area contributed by atoms with Gasteiger partial charge in [-0.05, 0) is 12.5 Å². The number of phenolic OH excluding ortho intramolecular Hbond substituents is 1. The van der Waals surface area contributed by atoms with E-state index in [1.54, 1.807) is 18.2 Å². The molecule has 0 radical (unpaired) electrons. The topological polar surface area (TPSA) is 86.6 Å². The first-order valence-corrected chi connectivity index (χ1v) is 5.81. The molecule has 5 nitrogen and oxygen atoms in total. The molecule has 1 unspecified atom stereocenters. The summed E-state index contributed by atoms with van der Waals surface area (Å²) < 4.78 is 0. The summed E-state index contributed by atoms with van der Waals surface area (Å²) in [5, 5.41) is 20.8. The fourth-order valence-electron chi connectivity index (χ4n) is 1.62. The lowest BCUT2D eigenvalue weighted by atomic mass is 10.1. The van der Waals surface area contributed by atoms with Gasteiger partial charge in [0.25, 0.3) is 0 Å². The third-order valence-corrected chi connectivity index (χ3v) is 2.62. The van der Waals surface area contributed by atoms with Gasteiger partial charge in [0.1, 0.15) is 5.75 Å². The van der Waals surface area contributed by atoms with Crippen LogP contribution in [0.25, 0.3) is 0 Å². The summed E-state index contributed by atoms with van der Waals surface area (Å²) in [5.41, 5.74) is 0.528. The third-order valence-electron chi connectivity index (χ3n) is 2.62. The highest BCUT2D eigenvalue weighted by atomic mass is 16.4. The predicted molar refractivity (Wildman–Crippen MR) is 66.3 cm³/mol. The van der Waals surface area contributed by atoms with Crippen molar-refractivity contribution in [2.24, 2.45) is 0 Å². The molecule has 98 valence electrons. The average Bonchev–Trinajstić information content (AvgIpc) is 2.30. The Kier molecular flexibility index (Phi) is 5.17. The van der Waals surface area contributed by atoms with Gasteiger partial charge in [0.05, 0.1) is 12.8 Å². The van der Waals surface area contributed by atoms with Crippen LogP contribution in [0, 0.1) is 0 Å². The molecule has 3 N–H and O–H groups in total. The summed E-state index contributed by atoms with van der Waals surface area (Å²) in [6, 6.07) is 6.21. The molecule has 1 amide bonds. The Morgan fingerprint density at radius 3 is 2.56 bits per heavy atom. The minimum absolute atomic E-state index is 0.0444. The van der Waals surface area contributed by atoms with Crippen LogP contribution in [0.4, 0.5) is 0 Å². The van der Waals surface area contributed by atoms with E-state index >= 15 is 0 Å². The number of carbonyl (C=O) groups excluding carboxylic acids is 1. The minimum atomic E-state index is -0.940. The molecule has 0 aromatic heterocycles. The third kappa shape index (κ3) is 4.45. The number of hydrogen-bond acceptors (Lipinski definition) is 3. The van der Waals surface area contributed by atoms with Gasteiger partial charge in [0.15, 0.2) is 0 Å². The molecule has 5 heteroatoms. The van der Waals surface area contributed by atoms with E-state index in [-0.39, 0.29) is 30.5 Å². The quantitative estimate of drug-likeness (QED) is 0.711. The first kappa shape index (κ1) is 14.0. The maximum absolute atomic E-state index is 11.7. The van der Waals surface area contributed by atoms with Gasteiger partial charge in [0.2, 0.25) is 5.91 Å². The lowest BCUT2D eigenvalue weighted by Gasteiger charge is -2.15. The van der Waals surface area contributed by atoms with Crippen molar-refractivity contribution >= 4 is 11.9 Å². The Morgan fingerprint density at radius 2 is 2.00 bits per heavy atom. The molecule has 0 aliphatic carbocycles. The summed E-state index contributed by atoms with van der Waals surface area (Å²) in [4.78, 5) is 22.3. The predicted octanol–water partition coefficient (Wildman–Crippen LogP) is 1.30. The van der Waals surface area contributed by atoms with Crippen LogP contribution in [0.15, 0.2) is 24.3 Å². The first-order chi connectivity index (χ1) is 8.52. The number of benzene rings is 1. The second-order valence-corrected chi connectivity index (χ2v) is 4.08. The number of rotatable bonds is 6. The molecule has 0 fully saturated rings. The molecule has 0 aliphatic heterocycles. The standard InChI is InChI=1S/C13H17NO4/c1-2-10(8-13(17)18)14-12(16)7-9-5-3-4-6-11(9)15/h3-6,10,15H,2,7-8H2,1H3,(H,14,16)(H,17,18). The second-order valence-electron chi connectivity index (χ2n) is 4.08. The van der Waals surface area contributed by atoms with Crippen LogP contribution in [0.5, 0.6) is 5.75 Å². The van der Waals surface area contributed by atoms with Gasteiger partial charge >= 0.3 is 5.97 Å². The van der Waals surface area contributed by atoms with Crippen LogP contribution in [0.1, 0.15) is 25.3 Å². The Bertz CT molecular complexity index is 431. The summed E-state index contributed by atoms with van der Waals surface area (Å²) in [6.45, 7) is 1.81. The molecule has 0 saturated carbocycles. The Morgan fingerprint density at radius 1 is 1.33 bits per heavy atom. The van der Waals surface area contributed by atoms with Gasteiger partial charge in [-0.3, -0.25) is 9.59 Å². The zero-order valence-electron chi connectivity index (χ0n) is 10.2. The number of carbonyl (C=O) groups is 2. The zero-order valence-corrected chi connectivity index (χ0v) is 10.2. The van der Waals surface area contributed by atoms with E-state index in [0.717, 1.165) is 0 Å². The van der Waals surface area contributed by atoms with E-state index in [0.29, 0.717) is 12.0 Å². The van der Waals surface area contributed by atoms with Crippen LogP contribution in [0.3, 0.4) is 0 Å². The highest BCUT2D eigenvalue weighted by Crippen LogP contribution is 2.16. The number of aromatic hydroxyl groups is 1. The number of carboxylic acids is 1. The number of phenols is 1. The molecular weight excluding hydrogens is 234 g/mol.